The molecule has 0 saturated heterocycles. The number of hydrogen-bond acceptors (Lipinski definition) is 4. The molecular weight excluding hydrogens is 350 g/mol. The van der Waals surface area contributed by atoms with E-state index in [9.17, 15) is 4.79 Å². The van der Waals surface area contributed by atoms with Crippen LogP contribution in [0, 0.1) is 11.3 Å². The van der Waals surface area contributed by atoms with E-state index in [-0.39, 0.29) is 12.4 Å². The van der Waals surface area contributed by atoms with Gasteiger partial charge >= 0.3 is 0 Å². The normalized spacial score (nSPS) is 9.95. The molecule has 0 aliphatic heterocycles. The molecule has 0 bridgehead atoms. The molecule has 0 saturated carbocycles. The van der Waals surface area contributed by atoms with Crippen LogP contribution in [0.2, 0.25) is 5.02 Å². The van der Waals surface area contributed by atoms with Crippen molar-refractivity contribution in [2.24, 2.45) is 0 Å². The molecular formula is C13H7BrClNO2S. The van der Waals surface area contributed by atoms with Crippen LogP contribution in [-0.2, 0) is 0 Å². The zero-order valence-electron chi connectivity index (χ0n) is 9.52. The van der Waals surface area contributed by atoms with E-state index in [2.05, 4.69) is 15.9 Å². The van der Waals surface area contributed by atoms with Crippen molar-refractivity contribution in [3.05, 3.63) is 49.6 Å². The van der Waals surface area contributed by atoms with Crippen LogP contribution in [0.5, 0.6) is 5.75 Å². The van der Waals surface area contributed by atoms with Gasteiger partial charge in [-0.05, 0) is 39.5 Å². The Morgan fingerprint density at radius 2 is 2.26 bits per heavy atom. The van der Waals surface area contributed by atoms with Crippen molar-refractivity contribution < 1.29 is 9.53 Å². The Morgan fingerprint density at radius 3 is 2.89 bits per heavy atom. The summed E-state index contributed by atoms with van der Waals surface area (Å²) >= 11 is 10.5. The molecule has 2 rings (SSSR count). The minimum absolute atomic E-state index is 0.131. The van der Waals surface area contributed by atoms with Crippen molar-refractivity contribution in [3.8, 4) is 11.8 Å². The number of rotatable bonds is 4. The quantitative estimate of drug-likeness (QED) is 0.768. The topological polar surface area (TPSA) is 50.1 Å². The van der Waals surface area contributed by atoms with Gasteiger partial charge in [0.1, 0.15) is 11.8 Å². The lowest BCUT2D eigenvalue weighted by molar-refractivity contribution is 0.0925. The summed E-state index contributed by atoms with van der Waals surface area (Å²) in [5.74, 6) is 0.168. The fourth-order valence-electron chi connectivity index (χ4n) is 1.41. The maximum absolute atomic E-state index is 11.9. The predicted molar refractivity (Wildman–Crippen MR) is 78.0 cm³/mol. The van der Waals surface area contributed by atoms with Crippen molar-refractivity contribution in [1.29, 1.82) is 5.26 Å². The predicted octanol–water partition coefficient (Wildman–Crippen LogP) is 4.30. The lowest BCUT2D eigenvalue weighted by atomic mass is 10.2. The van der Waals surface area contributed by atoms with Crippen LogP contribution in [0.25, 0.3) is 0 Å². The minimum atomic E-state index is -0.147. The van der Waals surface area contributed by atoms with E-state index in [1.807, 2.05) is 11.4 Å². The molecule has 0 amide bonds. The lowest BCUT2D eigenvalue weighted by Gasteiger charge is -2.07. The first-order valence-electron chi connectivity index (χ1n) is 5.20. The first-order valence-corrected chi connectivity index (χ1v) is 7.25. The van der Waals surface area contributed by atoms with Crippen LogP contribution in [0.15, 0.2) is 34.1 Å². The third-order valence-corrected chi connectivity index (χ3v) is 4.41. The maximum Gasteiger partial charge on any atom is 0.211 e. The number of ketones is 1. The molecule has 96 valence electrons. The monoisotopic (exact) mass is 355 g/mol. The van der Waals surface area contributed by atoms with Crippen LogP contribution in [0.4, 0.5) is 0 Å². The smallest absolute Gasteiger partial charge is 0.211 e. The molecule has 0 radical (unpaired) electrons. The number of carbonyl (C=O) groups is 1. The molecule has 0 unspecified atom stereocenters. The zero-order chi connectivity index (χ0) is 13.8. The number of benzene rings is 1. The molecule has 1 heterocycles. The van der Waals surface area contributed by atoms with Crippen molar-refractivity contribution in [3.63, 3.8) is 0 Å². The second-order valence-corrected chi connectivity index (χ2v) is 5.77. The van der Waals surface area contributed by atoms with Gasteiger partial charge in [0.25, 0.3) is 0 Å². The van der Waals surface area contributed by atoms with Crippen LogP contribution in [0.3, 0.4) is 0 Å². The van der Waals surface area contributed by atoms with Crippen LogP contribution < -0.4 is 4.74 Å². The Hall–Kier alpha value is -1.35. The molecule has 0 spiro atoms. The molecule has 2 aromatic rings. The SMILES string of the molecule is N#Cc1ccc(Cl)cc1OCC(=O)c1sccc1Br. The first kappa shape index (κ1) is 14.1. The third kappa shape index (κ3) is 3.35. The van der Waals surface area contributed by atoms with Crippen molar-refractivity contribution in [2.75, 3.05) is 6.61 Å². The standard InChI is InChI=1S/C13H7BrClNO2S/c14-10-3-4-19-13(10)11(17)7-18-12-5-9(15)2-1-8(12)6-16/h1-5H,7H2. The Labute approximate surface area is 127 Å². The van der Waals surface area contributed by atoms with E-state index < -0.39 is 0 Å². The average molecular weight is 357 g/mol. The highest BCUT2D eigenvalue weighted by molar-refractivity contribution is 9.10. The van der Waals surface area contributed by atoms with Gasteiger partial charge in [0.05, 0.1) is 10.4 Å². The number of nitrogens with zero attached hydrogens (tertiary/aromatic N) is 1. The second-order valence-electron chi connectivity index (χ2n) is 3.56. The van der Waals surface area contributed by atoms with Gasteiger partial charge in [-0.3, -0.25) is 4.79 Å². The minimum Gasteiger partial charge on any atom is -0.484 e. The van der Waals surface area contributed by atoms with Crippen molar-refractivity contribution in [1.82, 2.24) is 0 Å². The summed E-state index contributed by atoms with van der Waals surface area (Å²) in [6.45, 7) is -0.131. The van der Waals surface area contributed by atoms with E-state index >= 15 is 0 Å². The Bertz CT molecular complexity index is 663. The molecule has 6 heteroatoms. The number of halogens is 2. The van der Waals surface area contributed by atoms with Crippen LogP contribution in [-0.4, -0.2) is 12.4 Å². The molecule has 1 aromatic heterocycles. The Balaban J connectivity index is 2.11. The number of ether oxygens (including phenoxy) is 1. The number of thiophene rings is 1. The molecule has 0 fully saturated rings. The highest BCUT2D eigenvalue weighted by Crippen LogP contribution is 2.25. The first-order chi connectivity index (χ1) is 9.11. The van der Waals surface area contributed by atoms with Gasteiger partial charge in [-0.25, -0.2) is 0 Å². The summed E-state index contributed by atoms with van der Waals surface area (Å²) in [4.78, 5) is 12.5. The largest absolute Gasteiger partial charge is 0.484 e. The van der Waals surface area contributed by atoms with E-state index in [4.69, 9.17) is 21.6 Å². The molecule has 19 heavy (non-hydrogen) atoms. The van der Waals surface area contributed by atoms with E-state index in [0.717, 1.165) is 4.47 Å². The van der Waals surface area contributed by atoms with E-state index in [1.165, 1.54) is 17.4 Å². The van der Waals surface area contributed by atoms with Gasteiger partial charge in [0, 0.05) is 15.6 Å². The number of nitriles is 1. The Kier molecular flexibility index (Phi) is 4.59. The van der Waals surface area contributed by atoms with E-state index in [0.29, 0.717) is 21.2 Å². The van der Waals surface area contributed by atoms with Gasteiger partial charge in [0.2, 0.25) is 5.78 Å². The van der Waals surface area contributed by atoms with Gasteiger partial charge in [0.15, 0.2) is 6.61 Å². The molecule has 0 aliphatic rings. The van der Waals surface area contributed by atoms with Gasteiger partial charge in [-0.15, -0.1) is 11.3 Å². The second kappa shape index (κ2) is 6.20. The molecule has 3 nitrogen and oxygen atoms in total. The fraction of sp³-hybridized carbons (Fsp3) is 0.0769. The lowest BCUT2D eigenvalue weighted by Crippen LogP contribution is -2.11. The van der Waals surface area contributed by atoms with E-state index in [1.54, 1.807) is 18.2 Å². The fourth-order valence-corrected chi connectivity index (χ4v) is 3.09. The van der Waals surface area contributed by atoms with Gasteiger partial charge in [-0.2, -0.15) is 5.26 Å². The number of hydrogen-bond donors (Lipinski definition) is 0. The Morgan fingerprint density at radius 1 is 1.47 bits per heavy atom. The highest BCUT2D eigenvalue weighted by Gasteiger charge is 2.13. The summed E-state index contributed by atoms with van der Waals surface area (Å²) in [6.07, 6.45) is 0. The number of carbonyl (C=O) groups excluding carboxylic acids is 1. The molecule has 0 aliphatic carbocycles. The zero-order valence-corrected chi connectivity index (χ0v) is 12.7. The average Bonchev–Trinajstić information content (AvgIpc) is 2.82. The summed E-state index contributed by atoms with van der Waals surface area (Å²) < 4.78 is 6.13. The van der Waals surface area contributed by atoms with Gasteiger partial charge in [-0.1, -0.05) is 11.6 Å². The summed E-state index contributed by atoms with van der Waals surface area (Å²) in [5.41, 5.74) is 0.349. The van der Waals surface area contributed by atoms with Gasteiger partial charge < -0.3 is 4.74 Å². The van der Waals surface area contributed by atoms with Crippen LogP contribution in [0.1, 0.15) is 15.2 Å². The third-order valence-electron chi connectivity index (χ3n) is 2.29. The maximum atomic E-state index is 11.9. The molecule has 0 atom stereocenters. The van der Waals surface area contributed by atoms with Crippen molar-refractivity contribution in [2.45, 2.75) is 0 Å². The number of Topliss-reactive ketones (excluding diaryl/α,β-unsaturated/α-hetero) is 1. The summed E-state index contributed by atoms with van der Waals surface area (Å²) in [6, 6.07) is 8.48. The highest BCUT2D eigenvalue weighted by atomic mass is 79.9. The molecule has 0 N–H and O–H groups in total. The van der Waals surface area contributed by atoms with Crippen LogP contribution >= 0.6 is 38.9 Å². The summed E-state index contributed by atoms with van der Waals surface area (Å²) in [7, 11) is 0. The summed E-state index contributed by atoms with van der Waals surface area (Å²) in [5, 5.41) is 11.2. The molecule has 1 aromatic carbocycles. The van der Waals surface area contributed by atoms with Crippen molar-refractivity contribution >= 4 is 44.7 Å².